The van der Waals surface area contributed by atoms with Crippen molar-refractivity contribution in [3.8, 4) is 11.5 Å². The number of methoxy groups -OCH3 is 1. The highest BCUT2D eigenvalue weighted by molar-refractivity contribution is 5.48. The lowest BCUT2D eigenvalue weighted by Gasteiger charge is -2.15. The first-order chi connectivity index (χ1) is 9.29. The molecule has 0 aromatic heterocycles. The number of ether oxygens (including phenoxy) is 2. The third-order valence-corrected chi connectivity index (χ3v) is 3.47. The number of fused-ring (bicyclic) bond motifs is 1. The second-order valence-electron chi connectivity index (χ2n) is 4.61. The molecule has 0 amide bonds. The number of aliphatic hydroxyl groups excluding tert-OH is 1. The first-order valence-electron chi connectivity index (χ1n) is 6.36. The van der Waals surface area contributed by atoms with Crippen LogP contribution in [0, 0.1) is 0 Å². The van der Waals surface area contributed by atoms with Crippen LogP contribution >= 0.6 is 0 Å². The van der Waals surface area contributed by atoms with E-state index in [0.29, 0.717) is 6.61 Å². The lowest BCUT2D eigenvalue weighted by molar-refractivity contribution is 0.213. The third-order valence-electron chi connectivity index (χ3n) is 3.47. The molecule has 0 bridgehead atoms. The van der Waals surface area contributed by atoms with E-state index in [1.54, 1.807) is 7.11 Å². The van der Waals surface area contributed by atoms with Crippen molar-refractivity contribution in [2.24, 2.45) is 0 Å². The Hall–Kier alpha value is -2.00. The van der Waals surface area contributed by atoms with Gasteiger partial charge < -0.3 is 14.6 Å². The molecule has 1 unspecified atom stereocenters. The molecule has 0 saturated heterocycles. The van der Waals surface area contributed by atoms with Crippen LogP contribution in [0.1, 0.15) is 22.8 Å². The highest BCUT2D eigenvalue weighted by atomic mass is 16.5. The molecular weight excluding hydrogens is 240 g/mol. The maximum absolute atomic E-state index is 10.5. The van der Waals surface area contributed by atoms with E-state index in [1.807, 2.05) is 42.5 Å². The maximum Gasteiger partial charge on any atom is 0.128 e. The molecule has 0 spiro atoms. The van der Waals surface area contributed by atoms with Crippen molar-refractivity contribution in [3.63, 3.8) is 0 Å². The van der Waals surface area contributed by atoms with Crippen molar-refractivity contribution in [2.75, 3.05) is 13.7 Å². The van der Waals surface area contributed by atoms with E-state index in [4.69, 9.17) is 9.47 Å². The van der Waals surface area contributed by atoms with Crippen LogP contribution in [0.2, 0.25) is 0 Å². The summed E-state index contributed by atoms with van der Waals surface area (Å²) in [6.07, 6.45) is 0.248. The summed E-state index contributed by atoms with van der Waals surface area (Å²) in [4.78, 5) is 0. The van der Waals surface area contributed by atoms with Crippen LogP contribution in [-0.4, -0.2) is 18.8 Å². The predicted octanol–water partition coefficient (Wildman–Crippen LogP) is 2.71. The second-order valence-corrected chi connectivity index (χ2v) is 4.61. The van der Waals surface area contributed by atoms with Gasteiger partial charge >= 0.3 is 0 Å². The van der Waals surface area contributed by atoms with E-state index in [0.717, 1.165) is 29.0 Å². The molecular formula is C16H16O3. The first-order valence-corrected chi connectivity index (χ1v) is 6.36. The summed E-state index contributed by atoms with van der Waals surface area (Å²) in [5.41, 5.74) is 2.84. The van der Waals surface area contributed by atoms with Gasteiger partial charge in [0.2, 0.25) is 0 Å². The zero-order chi connectivity index (χ0) is 13.2. The SMILES string of the molecule is COc1ccc(C(O)c2cccc3c2OCC3)cc1. The Morgan fingerprint density at radius 2 is 1.95 bits per heavy atom. The lowest BCUT2D eigenvalue weighted by Crippen LogP contribution is -2.02. The van der Waals surface area contributed by atoms with Crippen LogP contribution in [0.3, 0.4) is 0 Å². The number of rotatable bonds is 3. The van der Waals surface area contributed by atoms with Crippen molar-refractivity contribution in [1.82, 2.24) is 0 Å². The van der Waals surface area contributed by atoms with Crippen LogP contribution < -0.4 is 9.47 Å². The molecule has 2 aromatic carbocycles. The van der Waals surface area contributed by atoms with Gasteiger partial charge in [-0.15, -0.1) is 0 Å². The van der Waals surface area contributed by atoms with Gasteiger partial charge in [0.05, 0.1) is 13.7 Å². The molecule has 2 aromatic rings. The quantitative estimate of drug-likeness (QED) is 0.917. The van der Waals surface area contributed by atoms with Gasteiger partial charge in [0.15, 0.2) is 0 Å². The monoisotopic (exact) mass is 256 g/mol. The normalized spacial score (nSPS) is 14.6. The molecule has 3 nitrogen and oxygen atoms in total. The molecule has 98 valence electrons. The summed E-state index contributed by atoms with van der Waals surface area (Å²) in [5, 5.41) is 10.5. The molecule has 0 aliphatic carbocycles. The van der Waals surface area contributed by atoms with E-state index in [1.165, 1.54) is 5.56 Å². The zero-order valence-electron chi connectivity index (χ0n) is 10.8. The largest absolute Gasteiger partial charge is 0.497 e. The Morgan fingerprint density at radius 1 is 1.16 bits per heavy atom. The molecule has 0 radical (unpaired) electrons. The van der Waals surface area contributed by atoms with Crippen molar-refractivity contribution in [2.45, 2.75) is 12.5 Å². The average Bonchev–Trinajstić information content (AvgIpc) is 2.95. The van der Waals surface area contributed by atoms with Gasteiger partial charge in [-0.25, -0.2) is 0 Å². The second kappa shape index (κ2) is 4.94. The number of benzene rings is 2. The molecule has 1 heterocycles. The Kier molecular flexibility index (Phi) is 3.13. The fourth-order valence-corrected chi connectivity index (χ4v) is 2.42. The zero-order valence-corrected chi connectivity index (χ0v) is 10.8. The molecule has 0 saturated carbocycles. The number of aliphatic hydroxyl groups is 1. The number of hydrogen-bond acceptors (Lipinski definition) is 3. The summed E-state index contributed by atoms with van der Waals surface area (Å²) < 4.78 is 10.8. The molecule has 19 heavy (non-hydrogen) atoms. The molecule has 1 aliphatic rings. The van der Waals surface area contributed by atoms with Gasteiger partial charge in [0.25, 0.3) is 0 Å². The number of hydrogen-bond donors (Lipinski definition) is 1. The third kappa shape index (κ3) is 2.17. The van der Waals surface area contributed by atoms with Crippen molar-refractivity contribution < 1.29 is 14.6 Å². The topological polar surface area (TPSA) is 38.7 Å². The Balaban J connectivity index is 1.95. The van der Waals surface area contributed by atoms with E-state index in [2.05, 4.69) is 0 Å². The molecule has 1 N–H and O–H groups in total. The fourth-order valence-electron chi connectivity index (χ4n) is 2.42. The smallest absolute Gasteiger partial charge is 0.128 e. The van der Waals surface area contributed by atoms with Gasteiger partial charge in [-0.3, -0.25) is 0 Å². The van der Waals surface area contributed by atoms with Crippen molar-refractivity contribution in [3.05, 3.63) is 59.2 Å². The Morgan fingerprint density at radius 3 is 2.68 bits per heavy atom. The minimum Gasteiger partial charge on any atom is -0.497 e. The molecule has 1 atom stereocenters. The average molecular weight is 256 g/mol. The number of para-hydroxylation sites is 1. The van der Waals surface area contributed by atoms with E-state index < -0.39 is 6.10 Å². The summed E-state index contributed by atoms with van der Waals surface area (Å²) in [7, 11) is 1.63. The van der Waals surface area contributed by atoms with Crippen LogP contribution in [0.5, 0.6) is 11.5 Å². The summed E-state index contributed by atoms with van der Waals surface area (Å²) >= 11 is 0. The van der Waals surface area contributed by atoms with Gasteiger partial charge in [-0.2, -0.15) is 0 Å². The van der Waals surface area contributed by atoms with Gasteiger partial charge in [-0.1, -0.05) is 30.3 Å². The summed E-state index contributed by atoms with van der Waals surface area (Å²) in [6.45, 7) is 0.696. The van der Waals surface area contributed by atoms with E-state index >= 15 is 0 Å². The summed E-state index contributed by atoms with van der Waals surface area (Å²) in [5.74, 6) is 1.62. The lowest BCUT2D eigenvalue weighted by atomic mass is 9.98. The molecule has 1 aliphatic heterocycles. The minimum atomic E-state index is -0.668. The fraction of sp³-hybridized carbons (Fsp3) is 0.250. The molecule has 3 heteroatoms. The standard InChI is InChI=1S/C16H16O3/c1-18-13-7-5-11(6-8-13)15(17)14-4-2-3-12-9-10-19-16(12)14/h2-8,15,17H,9-10H2,1H3. The maximum atomic E-state index is 10.5. The van der Waals surface area contributed by atoms with Crippen molar-refractivity contribution in [1.29, 1.82) is 0 Å². The van der Waals surface area contributed by atoms with Crippen LogP contribution in [0.15, 0.2) is 42.5 Å². The Bertz CT molecular complexity index is 575. The van der Waals surface area contributed by atoms with Crippen LogP contribution in [0.4, 0.5) is 0 Å². The Labute approximate surface area is 112 Å². The van der Waals surface area contributed by atoms with Gasteiger partial charge in [-0.05, 0) is 23.3 Å². The van der Waals surface area contributed by atoms with Crippen LogP contribution in [-0.2, 0) is 6.42 Å². The van der Waals surface area contributed by atoms with Crippen molar-refractivity contribution >= 4 is 0 Å². The highest BCUT2D eigenvalue weighted by Gasteiger charge is 2.21. The molecule has 3 rings (SSSR count). The molecule has 0 fully saturated rings. The predicted molar refractivity (Wildman–Crippen MR) is 72.7 cm³/mol. The van der Waals surface area contributed by atoms with Crippen LogP contribution in [0.25, 0.3) is 0 Å². The summed E-state index contributed by atoms with van der Waals surface area (Å²) in [6, 6.07) is 13.4. The van der Waals surface area contributed by atoms with Gasteiger partial charge in [0, 0.05) is 12.0 Å². The van der Waals surface area contributed by atoms with E-state index in [-0.39, 0.29) is 0 Å². The van der Waals surface area contributed by atoms with E-state index in [9.17, 15) is 5.11 Å². The highest BCUT2D eigenvalue weighted by Crippen LogP contribution is 2.36. The van der Waals surface area contributed by atoms with Gasteiger partial charge in [0.1, 0.15) is 17.6 Å². The minimum absolute atomic E-state index is 0.668. The first kappa shape index (κ1) is 12.1.